The molecule has 2 aromatic carbocycles. The highest BCUT2D eigenvalue weighted by atomic mass is 79.9. The van der Waals surface area contributed by atoms with Gasteiger partial charge in [-0.2, -0.15) is 0 Å². The predicted molar refractivity (Wildman–Crippen MR) is 88.9 cm³/mol. The third-order valence-corrected chi connectivity index (χ3v) is 4.73. The fourth-order valence-corrected chi connectivity index (χ4v) is 3.63. The standard InChI is InChI=1S/C16H18BrNOS/c17-14-7-4-8-15(11-14)20-10-9-16(18,12-19)13-5-2-1-3-6-13/h1-8,11,19H,9-10,12,18H2. The van der Waals surface area contributed by atoms with E-state index in [0.717, 1.165) is 22.2 Å². The number of hydrogen-bond donors (Lipinski definition) is 2. The molecule has 1 unspecified atom stereocenters. The fourth-order valence-electron chi connectivity index (χ4n) is 1.99. The molecule has 4 heteroatoms. The summed E-state index contributed by atoms with van der Waals surface area (Å²) in [6, 6.07) is 18.0. The van der Waals surface area contributed by atoms with Gasteiger partial charge in [0.15, 0.2) is 0 Å². The summed E-state index contributed by atoms with van der Waals surface area (Å²) in [7, 11) is 0. The van der Waals surface area contributed by atoms with E-state index in [1.807, 2.05) is 42.5 Å². The summed E-state index contributed by atoms with van der Waals surface area (Å²) >= 11 is 5.22. The molecule has 20 heavy (non-hydrogen) atoms. The van der Waals surface area contributed by atoms with E-state index in [1.54, 1.807) is 11.8 Å². The SMILES string of the molecule is NC(CO)(CCSc1cccc(Br)c1)c1ccccc1. The molecule has 0 saturated heterocycles. The molecule has 2 aromatic rings. The summed E-state index contributed by atoms with van der Waals surface area (Å²) in [6.45, 7) is -0.0456. The van der Waals surface area contributed by atoms with E-state index in [2.05, 4.69) is 28.1 Å². The third kappa shape index (κ3) is 4.09. The highest BCUT2D eigenvalue weighted by molar-refractivity contribution is 9.10. The summed E-state index contributed by atoms with van der Waals surface area (Å²) in [5.41, 5.74) is 6.66. The molecule has 0 spiro atoms. The van der Waals surface area contributed by atoms with Crippen molar-refractivity contribution in [2.24, 2.45) is 5.73 Å². The van der Waals surface area contributed by atoms with Crippen molar-refractivity contribution < 1.29 is 5.11 Å². The van der Waals surface area contributed by atoms with Crippen LogP contribution in [-0.2, 0) is 5.54 Å². The van der Waals surface area contributed by atoms with Crippen LogP contribution in [0.4, 0.5) is 0 Å². The van der Waals surface area contributed by atoms with E-state index in [9.17, 15) is 5.11 Å². The Labute approximate surface area is 132 Å². The first kappa shape index (κ1) is 15.6. The Morgan fingerprint density at radius 3 is 2.50 bits per heavy atom. The minimum Gasteiger partial charge on any atom is -0.394 e. The highest BCUT2D eigenvalue weighted by Crippen LogP contribution is 2.28. The maximum atomic E-state index is 9.64. The normalized spacial score (nSPS) is 13.9. The fraction of sp³-hybridized carbons (Fsp3) is 0.250. The Morgan fingerprint density at radius 2 is 1.85 bits per heavy atom. The van der Waals surface area contributed by atoms with Gasteiger partial charge in [-0.3, -0.25) is 0 Å². The van der Waals surface area contributed by atoms with Crippen LogP contribution in [0, 0.1) is 0 Å². The van der Waals surface area contributed by atoms with Crippen LogP contribution in [-0.4, -0.2) is 17.5 Å². The summed E-state index contributed by atoms with van der Waals surface area (Å²) in [5.74, 6) is 0.863. The Hall–Kier alpha value is -0.810. The zero-order chi connectivity index (χ0) is 14.4. The number of rotatable bonds is 6. The Kier molecular flexibility index (Phi) is 5.66. The van der Waals surface area contributed by atoms with Crippen molar-refractivity contribution in [2.45, 2.75) is 16.9 Å². The molecule has 2 nitrogen and oxygen atoms in total. The van der Waals surface area contributed by atoms with Crippen molar-refractivity contribution in [3.05, 3.63) is 64.6 Å². The van der Waals surface area contributed by atoms with Crippen molar-refractivity contribution in [3.63, 3.8) is 0 Å². The molecule has 1 atom stereocenters. The zero-order valence-electron chi connectivity index (χ0n) is 11.1. The highest BCUT2D eigenvalue weighted by Gasteiger charge is 2.25. The lowest BCUT2D eigenvalue weighted by Gasteiger charge is -2.27. The summed E-state index contributed by atoms with van der Waals surface area (Å²) in [5, 5.41) is 9.64. The predicted octanol–water partition coefficient (Wildman–Crippen LogP) is 3.78. The Morgan fingerprint density at radius 1 is 1.10 bits per heavy atom. The van der Waals surface area contributed by atoms with Crippen molar-refractivity contribution in [1.29, 1.82) is 0 Å². The first-order valence-electron chi connectivity index (χ1n) is 6.48. The van der Waals surface area contributed by atoms with Gasteiger partial charge in [-0.15, -0.1) is 11.8 Å². The van der Waals surface area contributed by atoms with E-state index >= 15 is 0 Å². The summed E-state index contributed by atoms with van der Waals surface area (Å²) in [4.78, 5) is 1.20. The largest absolute Gasteiger partial charge is 0.394 e. The van der Waals surface area contributed by atoms with Crippen LogP contribution in [0.3, 0.4) is 0 Å². The second-order valence-corrected chi connectivity index (χ2v) is 6.82. The lowest BCUT2D eigenvalue weighted by molar-refractivity contribution is 0.193. The molecule has 0 bridgehead atoms. The molecule has 3 N–H and O–H groups in total. The van der Waals surface area contributed by atoms with Gasteiger partial charge in [-0.25, -0.2) is 0 Å². The van der Waals surface area contributed by atoms with Gasteiger partial charge in [0.25, 0.3) is 0 Å². The second kappa shape index (κ2) is 7.27. The van der Waals surface area contributed by atoms with Crippen molar-refractivity contribution >= 4 is 27.7 Å². The topological polar surface area (TPSA) is 46.2 Å². The quantitative estimate of drug-likeness (QED) is 0.778. The van der Waals surface area contributed by atoms with Crippen molar-refractivity contribution in [1.82, 2.24) is 0 Å². The van der Waals surface area contributed by atoms with Crippen LogP contribution in [0.15, 0.2) is 64.0 Å². The van der Waals surface area contributed by atoms with Crippen LogP contribution >= 0.6 is 27.7 Å². The number of halogens is 1. The number of hydrogen-bond acceptors (Lipinski definition) is 3. The lowest BCUT2D eigenvalue weighted by Crippen LogP contribution is -2.41. The maximum Gasteiger partial charge on any atom is 0.0653 e. The average molecular weight is 352 g/mol. The van der Waals surface area contributed by atoms with Gasteiger partial charge < -0.3 is 10.8 Å². The van der Waals surface area contributed by atoms with Gasteiger partial charge in [-0.05, 0) is 30.2 Å². The molecule has 0 aliphatic heterocycles. The molecule has 0 aliphatic rings. The average Bonchev–Trinajstić information content (AvgIpc) is 2.48. The molecule has 106 valence electrons. The molecule has 2 rings (SSSR count). The van der Waals surface area contributed by atoms with Gasteiger partial charge >= 0.3 is 0 Å². The number of benzene rings is 2. The van der Waals surface area contributed by atoms with Crippen molar-refractivity contribution in [3.8, 4) is 0 Å². The Bertz CT molecular complexity index is 549. The molecule has 0 aromatic heterocycles. The maximum absolute atomic E-state index is 9.64. The van der Waals surface area contributed by atoms with Crippen LogP contribution in [0.2, 0.25) is 0 Å². The first-order chi connectivity index (χ1) is 9.64. The van der Waals surface area contributed by atoms with E-state index < -0.39 is 5.54 Å². The Balaban J connectivity index is 1.98. The molecule has 0 fully saturated rings. The summed E-state index contributed by atoms with van der Waals surface area (Å²) < 4.78 is 1.08. The van der Waals surface area contributed by atoms with Gasteiger partial charge in [0.05, 0.1) is 12.1 Å². The number of aliphatic hydroxyl groups excluding tert-OH is 1. The molecule has 0 aliphatic carbocycles. The monoisotopic (exact) mass is 351 g/mol. The molecule has 0 heterocycles. The van der Waals surface area contributed by atoms with Crippen LogP contribution in [0.25, 0.3) is 0 Å². The number of nitrogens with two attached hydrogens (primary N) is 1. The van der Waals surface area contributed by atoms with Crippen LogP contribution in [0.1, 0.15) is 12.0 Å². The second-order valence-electron chi connectivity index (χ2n) is 4.74. The van der Waals surface area contributed by atoms with E-state index in [-0.39, 0.29) is 6.61 Å². The van der Waals surface area contributed by atoms with Gasteiger partial charge in [0, 0.05) is 15.1 Å². The van der Waals surface area contributed by atoms with Crippen LogP contribution in [0.5, 0.6) is 0 Å². The zero-order valence-corrected chi connectivity index (χ0v) is 13.5. The van der Waals surface area contributed by atoms with Gasteiger partial charge in [0.1, 0.15) is 0 Å². The summed E-state index contributed by atoms with van der Waals surface area (Å²) in [6.07, 6.45) is 0.727. The van der Waals surface area contributed by atoms with Gasteiger partial charge in [0.2, 0.25) is 0 Å². The van der Waals surface area contributed by atoms with Crippen LogP contribution < -0.4 is 5.73 Å². The van der Waals surface area contributed by atoms with E-state index in [1.165, 1.54) is 4.90 Å². The minimum absolute atomic E-state index is 0.0456. The molecule has 0 saturated carbocycles. The molecular formula is C16H18BrNOS. The van der Waals surface area contributed by atoms with Crippen molar-refractivity contribution in [2.75, 3.05) is 12.4 Å². The van der Waals surface area contributed by atoms with Gasteiger partial charge in [-0.1, -0.05) is 52.3 Å². The third-order valence-electron chi connectivity index (χ3n) is 3.24. The lowest BCUT2D eigenvalue weighted by atomic mass is 9.89. The first-order valence-corrected chi connectivity index (χ1v) is 8.25. The van der Waals surface area contributed by atoms with E-state index in [4.69, 9.17) is 5.73 Å². The minimum atomic E-state index is -0.666. The number of aliphatic hydroxyl groups is 1. The molecule has 0 amide bonds. The van der Waals surface area contributed by atoms with E-state index in [0.29, 0.717) is 0 Å². The smallest absolute Gasteiger partial charge is 0.0653 e. The molecule has 0 radical (unpaired) electrons. The molecular weight excluding hydrogens is 334 g/mol. The number of thioether (sulfide) groups is 1.